The van der Waals surface area contributed by atoms with Crippen LogP contribution >= 0.6 is 23.2 Å². The maximum Gasteiger partial charge on any atom is 0.245 e. The molecule has 0 fully saturated rings. The van der Waals surface area contributed by atoms with Crippen molar-refractivity contribution in [2.75, 3.05) is 18.4 Å². The van der Waals surface area contributed by atoms with E-state index in [0.29, 0.717) is 28.0 Å². The van der Waals surface area contributed by atoms with E-state index in [1.165, 1.54) is 0 Å². The zero-order valence-electron chi connectivity index (χ0n) is 15.0. The molecule has 2 aromatic rings. The van der Waals surface area contributed by atoms with Crippen LogP contribution in [0.3, 0.4) is 0 Å². The minimum atomic E-state index is -0.783. The summed E-state index contributed by atoms with van der Waals surface area (Å²) in [5.41, 5.74) is 1.33. The van der Waals surface area contributed by atoms with Gasteiger partial charge < -0.3 is 5.32 Å². The first-order valence-electron chi connectivity index (χ1n) is 8.44. The number of Topliss-reactive ketones (excluding diaryl/α,β-unsaturated/α-hetero) is 1. The molecule has 1 unspecified atom stereocenters. The number of hydrazone groups is 1. The van der Waals surface area contributed by atoms with Gasteiger partial charge in [0.05, 0.1) is 17.7 Å². The summed E-state index contributed by atoms with van der Waals surface area (Å²) in [6.07, 6.45) is 0. The molecule has 1 heterocycles. The number of anilines is 1. The molecule has 1 N–H and O–H groups in total. The minimum Gasteiger partial charge on any atom is -0.324 e. The van der Waals surface area contributed by atoms with Gasteiger partial charge in [-0.25, -0.2) is 0 Å². The fourth-order valence-electron chi connectivity index (χ4n) is 2.98. The summed E-state index contributed by atoms with van der Waals surface area (Å²) in [6, 6.07) is 14.1. The first-order chi connectivity index (χ1) is 12.8. The van der Waals surface area contributed by atoms with E-state index in [0.717, 1.165) is 5.56 Å². The molecule has 27 heavy (non-hydrogen) atoms. The summed E-state index contributed by atoms with van der Waals surface area (Å²) < 4.78 is 0. The number of carbonyl (C=O) groups is 2. The van der Waals surface area contributed by atoms with Crippen molar-refractivity contribution < 1.29 is 9.59 Å². The molecule has 1 atom stereocenters. The smallest absolute Gasteiger partial charge is 0.245 e. The maximum atomic E-state index is 12.4. The van der Waals surface area contributed by atoms with Gasteiger partial charge in [-0.05, 0) is 55.8 Å². The Hall–Kier alpha value is -2.37. The van der Waals surface area contributed by atoms with Crippen molar-refractivity contribution >= 4 is 46.3 Å². The quantitative estimate of drug-likeness (QED) is 0.811. The van der Waals surface area contributed by atoms with E-state index in [2.05, 4.69) is 10.4 Å². The van der Waals surface area contributed by atoms with Crippen LogP contribution in [0.25, 0.3) is 0 Å². The molecule has 7 heteroatoms. The summed E-state index contributed by atoms with van der Waals surface area (Å²) >= 11 is 11.8. The summed E-state index contributed by atoms with van der Waals surface area (Å²) in [4.78, 5) is 24.7. The third-order valence-electron chi connectivity index (χ3n) is 4.61. The predicted molar refractivity (Wildman–Crippen MR) is 108 cm³/mol. The molecule has 0 radical (unpaired) electrons. The van der Waals surface area contributed by atoms with Crippen molar-refractivity contribution in [1.82, 2.24) is 5.01 Å². The standard InChI is InChI=1S/C20H19Cl2N3O2/c1-13(26)20(2)12-25(24-19(20)14-3-5-15(21)6-4-14)11-18(27)23-17-9-7-16(22)8-10-17/h3-10H,11-12H2,1-2H3,(H,23,27). The molecular weight excluding hydrogens is 385 g/mol. The van der Waals surface area contributed by atoms with Gasteiger partial charge >= 0.3 is 0 Å². The van der Waals surface area contributed by atoms with Crippen LogP contribution < -0.4 is 5.32 Å². The number of halogens is 2. The van der Waals surface area contributed by atoms with E-state index in [1.807, 2.05) is 19.1 Å². The summed E-state index contributed by atoms with van der Waals surface area (Å²) in [5.74, 6) is -0.221. The Morgan fingerprint density at radius 2 is 1.63 bits per heavy atom. The Labute approximate surface area is 168 Å². The molecule has 0 aliphatic carbocycles. The third kappa shape index (κ3) is 4.31. The highest BCUT2D eigenvalue weighted by molar-refractivity contribution is 6.31. The molecule has 5 nitrogen and oxygen atoms in total. The number of nitrogens with zero attached hydrogens (tertiary/aromatic N) is 2. The maximum absolute atomic E-state index is 12.4. The van der Waals surface area contributed by atoms with E-state index in [9.17, 15) is 9.59 Å². The Morgan fingerprint density at radius 3 is 2.19 bits per heavy atom. The van der Waals surface area contributed by atoms with Crippen LogP contribution in [0.5, 0.6) is 0 Å². The first-order valence-corrected chi connectivity index (χ1v) is 9.20. The Bertz CT molecular complexity index is 894. The van der Waals surface area contributed by atoms with E-state index in [4.69, 9.17) is 23.2 Å². The molecule has 1 aliphatic rings. The van der Waals surface area contributed by atoms with Gasteiger partial charge in [0.15, 0.2) is 0 Å². The second kappa shape index (κ2) is 7.71. The van der Waals surface area contributed by atoms with Gasteiger partial charge in [-0.2, -0.15) is 5.10 Å². The lowest BCUT2D eigenvalue weighted by atomic mass is 9.79. The lowest BCUT2D eigenvalue weighted by Crippen LogP contribution is -2.39. The molecule has 0 bridgehead atoms. The average Bonchev–Trinajstić information content (AvgIpc) is 2.95. The summed E-state index contributed by atoms with van der Waals surface area (Å²) in [5, 5.41) is 10.2. The van der Waals surface area contributed by atoms with E-state index >= 15 is 0 Å². The van der Waals surface area contributed by atoms with Gasteiger partial charge in [0.2, 0.25) is 5.91 Å². The van der Waals surface area contributed by atoms with Crippen molar-refractivity contribution in [1.29, 1.82) is 0 Å². The van der Waals surface area contributed by atoms with Crippen LogP contribution in [0.4, 0.5) is 5.69 Å². The fourth-order valence-corrected chi connectivity index (χ4v) is 3.23. The van der Waals surface area contributed by atoms with Crippen molar-refractivity contribution in [3.8, 4) is 0 Å². The Morgan fingerprint density at radius 1 is 1.07 bits per heavy atom. The number of rotatable bonds is 5. The molecule has 0 spiro atoms. The van der Waals surface area contributed by atoms with Crippen LogP contribution in [-0.4, -0.2) is 35.5 Å². The van der Waals surface area contributed by atoms with Crippen molar-refractivity contribution in [3.05, 3.63) is 64.1 Å². The molecule has 0 saturated carbocycles. The molecule has 0 saturated heterocycles. The number of amides is 1. The van der Waals surface area contributed by atoms with Crippen molar-refractivity contribution in [2.45, 2.75) is 13.8 Å². The lowest BCUT2D eigenvalue weighted by Gasteiger charge is -2.23. The van der Waals surface area contributed by atoms with Gasteiger partial charge in [-0.15, -0.1) is 0 Å². The van der Waals surface area contributed by atoms with Crippen LogP contribution in [-0.2, 0) is 9.59 Å². The van der Waals surface area contributed by atoms with Crippen LogP contribution in [0, 0.1) is 5.41 Å². The lowest BCUT2D eigenvalue weighted by molar-refractivity contribution is -0.123. The predicted octanol–water partition coefficient (Wildman–Crippen LogP) is 4.25. The van der Waals surface area contributed by atoms with Gasteiger partial charge in [0.25, 0.3) is 0 Å². The second-order valence-electron chi connectivity index (χ2n) is 6.72. The van der Waals surface area contributed by atoms with Crippen molar-refractivity contribution in [3.63, 3.8) is 0 Å². The highest BCUT2D eigenvalue weighted by Crippen LogP contribution is 2.32. The number of nitrogens with one attached hydrogen (secondary N) is 1. The molecule has 140 valence electrons. The fraction of sp³-hybridized carbons (Fsp3) is 0.250. The third-order valence-corrected chi connectivity index (χ3v) is 5.12. The minimum absolute atomic E-state index is 0.00295. The topological polar surface area (TPSA) is 61.8 Å². The number of hydrogen-bond acceptors (Lipinski definition) is 4. The highest BCUT2D eigenvalue weighted by atomic mass is 35.5. The van der Waals surface area contributed by atoms with Crippen LogP contribution in [0.2, 0.25) is 10.0 Å². The van der Waals surface area contributed by atoms with Crippen molar-refractivity contribution in [2.24, 2.45) is 10.5 Å². The second-order valence-corrected chi connectivity index (χ2v) is 7.59. The Kier molecular flexibility index (Phi) is 5.53. The monoisotopic (exact) mass is 403 g/mol. The molecule has 2 aromatic carbocycles. The van der Waals surface area contributed by atoms with Gasteiger partial charge in [-0.1, -0.05) is 35.3 Å². The number of benzene rings is 2. The first kappa shape index (κ1) is 19.4. The number of ketones is 1. The van der Waals surface area contributed by atoms with E-state index < -0.39 is 5.41 Å². The molecule has 1 aliphatic heterocycles. The van der Waals surface area contributed by atoms with Gasteiger partial charge in [-0.3, -0.25) is 14.6 Å². The zero-order chi connectivity index (χ0) is 19.6. The highest BCUT2D eigenvalue weighted by Gasteiger charge is 2.43. The van der Waals surface area contributed by atoms with E-state index in [1.54, 1.807) is 48.3 Å². The largest absolute Gasteiger partial charge is 0.324 e. The van der Waals surface area contributed by atoms with Crippen LogP contribution in [0.15, 0.2) is 53.6 Å². The normalized spacial score (nSPS) is 19.0. The molecule has 3 rings (SSSR count). The van der Waals surface area contributed by atoms with E-state index in [-0.39, 0.29) is 18.2 Å². The average molecular weight is 404 g/mol. The SMILES string of the molecule is CC(=O)C1(C)CN(CC(=O)Nc2ccc(Cl)cc2)N=C1c1ccc(Cl)cc1. The molecule has 1 amide bonds. The van der Waals surface area contributed by atoms with Gasteiger partial charge in [0, 0.05) is 15.7 Å². The molecular formula is C20H19Cl2N3O2. The zero-order valence-corrected chi connectivity index (χ0v) is 16.5. The number of carbonyl (C=O) groups excluding carboxylic acids is 2. The van der Waals surface area contributed by atoms with Crippen LogP contribution in [0.1, 0.15) is 19.4 Å². The van der Waals surface area contributed by atoms with Gasteiger partial charge in [0.1, 0.15) is 12.3 Å². The summed E-state index contributed by atoms with van der Waals surface area (Å²) in [6.45, 7) is 3.78. The molecule has 0 aromatic heterocycles. The summed E-state index contributed by atoms with van der Waals surface area (Å²) in [7, 11) is 0. The Balaban J connectivity index is 1.78. The number of hydrogen-bond donors (Lipinski definition) is 1.